The first-order valence-electron chi connectivity index (χ1n) is 5.93. The number of H-pyrrole nitrogens is 1. The van der Waals surface area contributed by atoms with Gasteiger partial charge in [0.15, 0.2) is 0 Å². The zero-order chi connectivity index (χ0) is 10.5. The summed E-state index contributed by atoms with van der Waals surface area (Å²) in [5.74, 6) is 2.72. The summed E-state index contributed by atoms with van der Waals surface area (Å²) in [6.07, 6.45) is 7.03. The van der Waals surface area contributed by atoms with Gasteiger partial charge in [-0.15, -0.1) is 10.2 Å². The Hall–Kier alpha value is -0.900. The molecular weight excluding hydrogens is 188 g/mol. The lowest BCUT2D eigenvalue weighted by atomic mass is 9.89. The second-order valence-electron chi connectivity index (χ2n) is 4.49. The molecule has 0 atom stereocenters. The maximum atomic E-state index is 4.03. The molecule has 1 aliphatic rings. The molecule has 1 fully saturated rings. The van der Waals surface area contributed by atoms with Crippen molar-refractivity contribution in [2.45, 2.75) is 45.6 Å². The molecule has 1 saturated carbocycles. The van der Waals surface area contributed by atoms with Gasteiger partial charge in [0.2, 0.25) is 0 Å². The van der Waals surface area contributed by atoms with Gasteiger partial charge in [-0.25, -0.2) is 0 Å². The standard InChI is InChI=1S/C11H20N4/c1-9-13-11(15-14-9)8-12-7-10-5-3-2-4-6-10/h10,12H,2-8H2,1H3,(H,13,14,15). The van der Waals surface area contributed by atoms with Crippen LogP contribution in [0.25, 0.3) is 0 Å². The molecule has 15 heavy (non-hydrogen) atoms. The van der Waals surface area contributed by atoms with Crippen molar-refractivity contribution in [2.75, 3.05) is 6.54 Å². The van der Waals surface area contributed by atoms with Crippen LogP contribution in [0.5, 0.6) is 0 Å². The lowest BCUT2D eigenvalue weighted by Gasteiger charge is -2.21. The molecule has 0 radical (unpaired) electrons. The van der Waals surface area contributed by atoms with Gasteiger partial charge in [-0.2, -0.15) is 0 Å². The third-order valence-electron chi connectivity index (χ3n) is 3.10. The van der Waals surface area contributed by atoms with Gasteiger partial charge in [-0.05, 0) is 32.2 Å². The molecule has 4 nitrogen and oxygen atoms in total. The van der Waals surface area contributed by atoms with Crippen LogP contribution >= 0.6 is 0 Å². The Balaban J connectivity index is 1.65. The van der Waals surface area contributed by atoms with Crippen molar-refractivity contribution in [2.24, 2.45) is 5.92 Å². The number of nitrogens with zero attached hydrogens (tertiary/aromatic N) is 2. The second-order valence-corrected chi connectivity index (χ2v) is 4.49. The summed E-state index contributed by atoms with van der Waals surface area (Å²) in [5, 5.41) is 11.4. The van der Waals surface area contributed by atoms with Crippen molar-refractivity contribution < 1.29 is 0 Å². The lowest BCUT2D eigenvalue weighted by molar-refractivity contribution is 0.341. The van der Waals surface area contributed by atoms with Gasteiger partial charge >= 0.3 is 0 Å². The largest absolute Gasteiger partial charge is 0.328 e. The maximum Gasteiger partial charge on any atom is 0.144 e. The molecule has 1 aliphatic carbocycles. The zero-order valence-corrected chi connectivity index (χ0v) is 9.42. The molecule has 2 rings (SSSR count). The minimum atomic E-state index is 0.817. The molecule has 0 aromatic carbocycles. The Labute approximate surface area is 90.9 Å². The smallest absolute Gasteiger partial charge is 0.144 e. The minimum absolute atomic E-state index is 0.817. The minimum Gasteiger partial charge on any atom is -0.328 e. The molecule has 0 unspecified atom stereocenters. The number of aryl methyl sites for hydroxylation is 1. The highest BCUT2D eigenvalue weighted by atomic mass is 15.2. The van der Waals surface area contributed by atoms with Crippen LogP contribution in [0.1, 0.15) is 43.8 Å². The van der Waals surface area contributed by atoms with E-state index in [0.29, 0.717) is 0 Å². The third-order valence-corrected chi connectivity index (χ3v) is 3.10. The highest BCUT2D eigenvalue weighted by Crippen LogP contribution is 2.22. The Morgan fingerprint density at radius 1 is 1.27 bits per heavy atom. The van der Waals surface area contributed by atoms with Gasteiger partial charge in [-0.3, -0.25) is 0 Å². The van der Waals surface area contributed by atoms with E-state index < -0.39 is 0 Å². The Morgan fingerprint density at radius 2 is 2.07 bits per heavy atom. The first-order valence-corrected chi connectivity index (χ1v) is 5.93. The van der Waals surface area contributed by atoms with Gasteiger partial charge in [0.05, 0.1) is 6.54 Å². The highest BCUT2D eigenvalue weighted by molar-refractivity contribution is 4.86. The molecule has 0 aliphatic heterocycles. The Bertz CT molecular complexity index is 289. The van der Waals surface area contributed by atoms with Crippen LogP contribution in [-0.2, 0) is 6.54 Å². The lowest BCUT2D eigenvalue weighted by Crippen LogP contribution is -2.24. The van der Waals surface area contributed by atoms with Crippen molar-refractivity contribution in [3.05, 3.63) is 11.6 Å². The quantitative estimate of drug-likeness (QED) is 0.793. The molecule has 1 aromatic rings. The fraction of sp³-hybridized carbons (Fsp3) is 0.818. The molecule has 1 heterocycles. The van der Waals surface area contributed by atoms with Crippen LogP contribution in [0.15, 0.2) is 0 Å². The van der Waals surface area contributed by atoms with Gasteiger partial charge in [0, 0.05) is 0 Å². The van der Waals surface area contributed by atoms with E-state index in [1.807, 2.05) is 6.92 Å². The Morgan fingerprint density at radius 3 is 2.73 bits per heavy atom. The first kappa shape index (κ1) is 10.6. The molecule has 0 amide bonds. The van der Waals surface area contributed by atoms with E-state index in [9.17, 15) is 0 Å². The van der Waals surface area contributed by atoms with Gasteiger partial charge < -0.3 is 10.3 Å². The summed E-state index contributed by atoms with van der Waals surface area (Å²) in [7, 11) is 0. The van der Waals surface area contributed by atoms with E-state index in [4.69, 9.17) is 0 Å². The molecule has 1 aromatic heterocycles. The van der Waals surface area contributed by atoms with Crippen LogP contribution in [-0.4, -0.2) is 21.7 Å². The number of nitrogens with one attached hydrogen (secondary N) is 2. The zero-order valence-electron chi connectivity index (χ0n) is 9.42. The molecule has 84 valence electrons. The SMILES string of the molecule is Cc1nnc(CNCC2CCCCC2)[nH]1. The summed E-state index contributed by atoms with van der Waals surface area (Å²) in [6, 6.07) is 0. The van der Waals surface area contributed by atoms with Crippen LogP contribution in [0, 0.1) is 12.8 Å². The second kappa shape index (κ2) is 5.26. The molecule has 0 spiro atoms. The van der Waals surface area contributed by atoms with Gasteiger partial charge in [-0.1, -0.05) is 19.3 Å². The first-order chi connectivity index (χ1) is 7.34. The van der Waals surface area contributed by atoms with E-state index in [1.54, 1.807) is 0 Å². The van der Waals surface area contributed by atoms with Crippen LogP contribution in [0.2, 0.25) is 0 Å². The summed E-state index contributed by atoms with van der Waals surface area (Å²) < 4.78 is 0. The summed E-state index contributed by atoms with van der Waals surface area (Å²) in [6.45, 7) is 3.87. The van der Waals surface area contributed by atoms with Crippen molar-refractivity contribution in [1.82, 2.24) is 20.5 Å². The average molecular weight is 208 g/mol. The van der Waals surface area contributed by atoms with Crippen molar-refractivity contribution in [1.29, 1.82) is 0 Å². The summed E-state index contributed by atoms with van der Waals surface area (Å²) >= 11 is 0. The molecular formula is C11H20N4. The molecule has 0 bridgehead atoms. The van der Waals surface area contributed by atoms with E-state index in [2.05, 4.69) is 20.5 Å². The predicted octanol–water partition coefficient (Wildman–Crippen LogP) is 1.78. The van der Waals surface area contributed by atoms with Gasteiger partial charge in [0.25, 0.3) is 0 Å². The van der Waals surface area contributed by atoms with E-state index >= 15 is 0 Å². The molecule has 4 heteroatoms. The highest BCUT2D eigenvalue weighted by Gasteiger charge is 2.12. The fourth-order valence-electron chi connectivity index (χ4n) is 2.26. The van der Waals surface area contributed by atoms with Crippen molar-refractivity contribution >= 4 is 0 Å². The summed E-state index contributed by atoms with van der Waals surface area (Å²) in [5.41, 5.74) is 0. The number of aromatic amines is 1. The molecule has 2 N–H and O–H groups in total. The number of aromatic nitrogens is 3. The average Bonchev–Trinajstić information content (AvgIpc) is 2.66. The summed E-state index contributed by atoms with van der Waals surface area (Å²) in [4.78, 5) is 3.13. The normalized spacial score (nSPS) is 18.2. The Kier molecular flexibility index (Phi) is 3.72. The number of hydrogen-bond donors (Lipinski definition) is 2. The maximum absolute atomic E-state index is 4.03. The molecule has 0 saturated heterocycles. The van der Waals surface area contributed by atoms with Crippen molar-refractivity contribution in [3.8, 4) is 0 Å². The van der Waals surface area contributed by atoms with E-state index in [0.717, 1.165) is 30.7 Å². The van der Waals surface area contributed by atoms with Crippen molar-refractivity contribution in [3.63, 3.8) is 0 Å². The van der Waals surface area contributed by atoms with Crippen LogP contribution < -0.4 is 5.32 Å². The van der Waals surface area contributed by atoms with E-state index in [-0.39, 0.29) is 0 Å². The number of rotatable bonds is 4. The van der Waals surface area contributed by atoms with Gasteiger partial charge in [0.1, 0.15) is 11.6 Å². The topological polar surface area (TPSA) is 53.6 Å². The van der Waals surface area contributed by atoms with Crippen LogP contribution in [0.3, 0.4) is 0 Å². The van der Waals surface area contributed by atoms with Crippen LogP contribution in [0.4, 0.5) is 0 Å². The van der Waals surface area contributed by atoms with E-state index in [1.165, 1.54) is 32.1 Å². The number of hydrogen-bond acceptors (Lipinski definition) is 3. The predicted molar refractivity (Wildman–Crippen MR) is 59.4 cm³/mol. The monoisotopic (exact) mass is 208 g/mol. The third kappa shape index (κ3) is 3.30. The fourth-order valence-corrected chi connectivity index (χ4v) is 2.26.